The van der Waals surface area contributed by atoms with E-state index in [1.54, 1.807) is 6.26 Å². The lowest BCUT2D eigenvalue weighted by Gasteiger charge is -2.34. The second kappa shape index (κ2) is 4.22. The summed E-state index contributed by atoms with van der Waals surface area (Å²) in [5, 5.41) is 1.25. The molecule has 2 heterocycles. The van der Waals surface area contributed by atoms with Gasteiger partial charge < -0.3 is 9.47 Å². The van der Waals surface area contributed by atoms with Crippen molar-refractivity contribution in [3.8, 4) is 0 Å². The highest BCUT2D eigenvalue weighted by atomic mass is 16.7. The summed E-state index contributed by atoms with van der Waals surface area (Å²) in [5.41, 5.74) is 0.654. The van der Waals surface area contributed by atoms with Gasteiger partial charge in [0.25, 0.3) is 0 Å². The normalized spacial score (nSPS) is 28.2. The third kappa shape index (κ3) is 2.72. The number of hydroxylamine groups is 2. The van der Waals surface area contributed by atoms with Crippen molar-refractivity contribution < 1.29 is 19.1 Å². The zero-order valence-corrected chi connectivity index (χ0v) is 10.7. The van der Waals surface area contributed by atoms with Crippen molar-refractivity contribution in [2.75, 3.05) is 13.2 Å². The van der Waals surface area contributed by atoms with Crippen LogP contribution in [-0.4, -0.2) is 36.0 Å². The Hall–Kier alpha value is -1.23. The summed E-state index contributed by atoms with van der Waals surface area (Å²) in [7, 11) is 0. The Balaban J connectivity index is 1.92. The number of rotatable bonds is 0. The molecule has 96 valence electrons. The van der Waals surface area contributed by atoms with Gasteiger partial charge in [0.05, 0.1) is 19.4 Å². The lowest BCUT2D eigenvalue weighted by molar-refractivity contribution is -0.199. The van der Waals surface area contributed by atoms with E-state index < -0.39 is 11.7 Å². The Bertz CT molecular complexity index is 345. The summed E-state index contributed by atoms with van der Waals surface area (Å²) in [6.07, 6.45) is 1.29. The molecule has 2 aliphatic rings. The molecule has 0 spiro atoms. The largest absolute Gasteiger partial charge is 0.495 e. The van der Waals surface area contributed by atoms with Gasteiger partial charge >= 0.3 is 6.09 Å². The van der Waals surface area contributed by atoms with Gasteiger partial charge in [0, 0.05) is 5.92 Å². The molecule has 0 aromatic heterocycles. The number of nitrogens with zero attached hydrogens (tertiary/aromatic N) is 1. The van der Waals surface area contributed by atoms with Gasteiger partial charge in [0.2, 0.25) is 0 Å². The van der Waals surface area contributed by atoms with Crippen molar-refractivity contribution in [1.29, 1.82) is 0 Å². The van der Waals surface area contributed by atoms with Gasteiger partial charge in [-0.3, -0.25) is 4.84 Å². The van der Waals surface area contributed by atoms with E-state index in [1.165, 1.54) is 10.6 Å². The average Bonchev–Trinajstić information content (AvgIpc) is 2.57. The van der Waals surface area contributed by atoms with Crippen molar-refractivity contribution >= 4 is 6.09 Å². The summed E-state index contributed by atoms with van der Waals surface area (Å²) in [6.45, 7) is 8.37. The standard InChI is InChI=1S/C12H19NO4/c1-8-6-15-10-5-13(16-7-9(8)10)11(14)17-12(2,3)4/h6,9-10H,5,7H2,1-4H3. The molecule has 0 aromatic carbocycles. The predicted molar refractivity (Wildman–Crippen MR) is 61.0 cm³/mol. The molecule has 2 atom stereocenters. The van der Waals surface area contributed by atoms with Crippen molar-refractivity contribution in [3.05, 3.63) is 11.8 Å². The highest BCUT2D eigenvalue weighted by Gasteiger charge is 2.39. The molecule has 5 heteroatoms. The first kappa shape index (κ1) is 12.2. The summed E-state index contributed by atoms with van der Waals surface area (Å²) >= 11 is 0. The Morgan fingerprint density at radius 3 is 2.88 bits per heavy atom. The van der Waals surface area contributed by atoms with Crippen LogP contribution in [0, 0.1) is 5.92 Å². The Kier molecular flexibility index (Phi) is 3.03. The van der Waals surface area contributed by atoms with Gasteiger partial charge in [-0.15, -0.1) is 0 Å². The minimum Gasteiger partial charge on any atom is -0.495 e. The number of amides is 1. The van der Waals surface area contributed by atoms with Gasteiger partial charge in [-0.2, -0.15) is 5.06 Å². The Morgan fingerprint density at radius 1 is 1.53 bits per heavy atom. The summed E-state index contributed by atoms with van der Waals surface area (Å²) in [4.78, 5) is 17.2. The highest BCUT2D eigenvalue weighted by molar-refractivity contribution is 5.67. The SMILES string of the molecule is CC1=COC2CN(C(=O)OC(C)(C)C)OCC12. The van der Waals surface area contributed by atoms with Crippen molar-refractivity contribution in [3.63, 3.8) is 0 Å². The third-order valence-corrected chi connectivity index (χ3v) is 2.82. The quantitative estimate of drug-likeness (QED) is 0.651. The average molecular weight is 241 g/mol. The molecule has 2 aliphatic heterocycles. The van der Waals surface area contributed by atoms with E-state index in [0.29, 0.717) is 13.2 Å². The van der Waals surface area contributed by atoms with Gasteiger partial charge in [-0.1, -0.05) is 0 Å². The van der Waals surface area contributed by atoms with Crippen LogP contribution < -0.4 is 0 Å². The van der Waals surface area contributed by atoms with Crippen molar-refractivity contribution in [1.82, 2.24) is 5.06 Å². The zero-order valence-electron chi connectivity index (χ0n) is 10.7. The Morgan fingerprint density at radius 2 is 2.24 bits per heavy atom. The van der Waals surface area contributed by atoms with Crippen LogP contribution in [0.1, 0.15) is 27.7 Å². The first-order chi connectivity index (χ1) is 7.87. The van der Waals surface area contributed by atoms with Crippen LogP contribution >= 0.6 is 0 Å². The topological polar surface area (TPSA) is 48.0 Å². The maximum atomic E-state index is 11.8. The first-order valence-electron chi connectivity index (χ1n) is 5.82. The van der Waals surface area contributed by atoms with E-state index in [2.05, 4.69) is 0 Å². The Labute approximate surface area is 101 Å². The molecule has 0 radical (unpaired) electrons. The summed E-state index contributed by atoms with van der Waals surface area (Å²) in [6, 6.07) is 0. The highest BCUT2D eigenvalue weighted by Crippen LogP contribution is 2.30. The van der Waals surface area contributed by atoms with Crippen LogP contribution in [0.25, 0.3) is 0 Å². The van der Waals surface area contributed by atoms with E-state index in [-0.39, 0.29) is 12.0 Å². The molecule has 2 rings (SSSR count). The molecule has 1 amide bonds. The van der Waals surface area contributed by atoms with E-state index in [9.17, 15) is 4.79 Å². The number of ether oxygens (including phenoxy) is 2. The molecule has 1 saturated heterocycles. The maximum absolute atomic E-state index is 11.8. The van der Waals surface area contributed by atoms with E-state index >= 15 is 0 Å². The number of carbonyl (C=O) groups is 1. The summed E-state index contributed by atoms with van der Waals surface area (Å²) < 4.78 is 10.7. The van der Waals surface area contributed by atoms with Crippen LogP contribution in [0.3, 0.4) is 0 Å². The van der Waals surface area contributed by atoms with Gasteiger partial charge in [0.15, 0.2) is 0 Å². The molecule has 17 heavy (non-hydrogen) atoms. The molecule has 0 aliphatic carbocycles. The predicted octanol–water partition coefficient (Wildman–Crippen LogP) is 2.09. The van der Waals surface area contributed by atoms with Crippen LogP contribution in [0.15, 0.2) is 11.8 Å². The number of fused-ring (bicyclic) bond motifs is 1. The zero-order chi connectivity index (χ0) is 12.6. The van der Waals surface area contributed by atoms with Crippen molar-refractivity contribution in [2.24, 2.45) is 5.92 Å². The van der Waals surface area contributed by atoms with E-state index in [1.807, 2.05) is 27.7 Å². The van der Waals surface area contributed by atoms with Crippen LogP contribution in [0.2, 0.25) is 0 Å². The molecule has 2 unspecified atom stereocenters. The molecular formula is C12H19NO4. The fourth-order valence-electron chi connectivity index (χ4n) is 1.91. The fourth-order valence-corrected chi connectivity index (χ4v) is 1.91. The van der Waals surface area contributed by atoms with Crippen LogP contribution in [-0.2, 0) is 14.3 Å². The number of hydrogen-bond acceptors (Lipinski definition) is 4. The van der Waals surface area contributed by atoms with E-state index in [0.717, 1.165) is 0 Å². The lowest BCUT2D eigenvalue weighted by Crippen LogP contribution is -2.48. The van der Waals surface area contributed by atoms with E-state index in [4.69, 9.17) is 14.3 Å². The molecule has 0 N–H and O–H groups in total. The smallest absolute Gasteiger partial charge is 0.434 e. The van der Waals surface area contributed by atoms with Gasteiger partial charge in [-0.05, 0) is 33.3 Å². The molecule has 0 saturated carbocycles. The first-order valence-corrected chi connectivity index (χ1v) is 5.82. The van der Waals surface area contributed by atoms with Gasteiger partial charge in [-0.25, -0.2) is 4.79 Å². The van der Waals surface area contributed by atoms with Gasteiger partial charge in [0.1, 0.15) is 11.7 Å². The summed E-state index contributed by atoms with van der Waals surface area (Å²) in [5.74, 6) is 0.258. The van der Waals surface area contributed by atoms with Crippen molar-refractivity contribution in [2.45, 2.75) is 39.4 Å². The second-order valence-electron chi connectivity index (χ2n) is 5.48. The molecule has 0 bridgehead atoms. The number of carbonyl (C=O) groups excluding carboxylic acids is 1. The lowest BCUT2D eigenvalue weighted by atomic mass is 9.97. The maximum Gasteiger partial charge on any atom is 0.434 e. The molecule has 5 nitrogen and oxygen atoms in total. The molecule has 1 fully saturated rings. The monoisotopic (exact) mass is 241 g/mol. The second-order valence-corrected chi connectivity index (χ2v) is 5.48. The molecular weight excluding hydrogens is 222 g/mol. The molecule has 0 aromatic rings. The number of hydrogen-bond donors (Lipinski definition) is 0. The van der Waals surface area contributed by atoms with Crippen LogP contribution in [0.5, 0.6) is 0 Å². The fraction of sp³-hybridized carbons (Fsp3) is 0.750. The van der Waals surface area contributed by atoms with Crippen LogP contribution in [0.4, 0.5) is 4.79 Å². The third-order valence-electron chi connectivity index (χ3n) is 2.82. The minimum atomic E-state index is -0.512. The minimum absolute atomic E-state index is 0.00346.